The van der Waals surface area contributed by atoms with Gasteiger partial charge < -0.3 is 10.8 Å². The Hall–Kier alpha value is -0.390. The van der Waals surface area contributed by atoms with Crippen LogP contribution in [0, 0.1) is 0 Å². The third kappa shape index (κ3) is 2.30. The number of nitrogens with two attached hydrogens (primary N) is 1. The quantitative estimate of drug-likeness (QED) is 0.853. The van der Waals surface area contributed by atoms with Gasteiger partial charge in [0.2, 0.25) is 0 Å². The van der Waals surface area contributed by atoms with Crippen LogP contribution in [-0.4, -0.2) is 17.1 Å². The van der Waals surface area contributed by atoms with Crippen LogP contribution in [0.3, 0.4) is 0 Å². The topological polar surface area (TPSA) is 63.3 Å². The van der Waals surface area contributed by atoms with Crippen LogP contribution >= 0.6 is 27.3 Å². The van der Waals surface area contributed by atoms with Gasteiger partial charge in [-0.25, -0.2) is 0 Å². The summed E-state index contributed by atoms with van der Waals surface area (Å²) in [6.45, 7) is 0. The predicted molar refractivity (Wildman–Crippen MR) is 51.3 cm³/mol. The van der Waals surface area contributed by atoms with Crippen LogP contribution < -0.4 is 5.73 Å². The Kier molecular flexibility index (Phi) is 3.25. The molecule has 66 valence electrons. The maximum absolute atomic E-state index is 10.4. The number of aliphatic carboxylic acids is 1. The summed E-state index contributed by atoms with van der Waals surface area (Å²) in [5, 5.41) is 10.4. The first-order valence-electron chi connectivity index (χ1n) is 3.31. The number of carboxylic acids is 1. The van der Waals surface area contributed by atoms with Crippen LogP contribution in [0.1, 0.15) is 4.88 Å². The molecule has 0 bridgehead atoms. The van der Waals surface area contributed by atoms with E-state index in [0.717, 1.165) is 9.35 Å². The lowest BCUT2D eigenvalue weighted by Gasteiger charge is -2.03. The maximum Gasteiger partial charge on any atom is 0.320 e. The summed E-state index contributed by atoms with van der Waals surface area (Å²) in [6, 6.07) is 1.08. The van der Waals surface area contributed by atoms with E-state index in [2.05, 4.69) is 15.9 Å². The zero-order valence-electron chi connectivity index (χ0n) is 6.16. The number of hydrogen-bond acceptors (Lipinski definition) is 3. The van der Waals surface area contributed by atoms with Crippen molar-refractivity contribution in [3.63, 3.8) is 0 Å². The van der Waals surface area contributed by atoms with E-state index < -0.39 is 12.0 Å². The SMILES string of the molecule is NC(Cc1sccc1Br)C(=O)O. The molecule has 1 atom stereocenters. The largest absolute Gasteiger partial charge is 0.480 e. The van der Waals surface area contributed by atoms with Crippen molar-refractivity contribution < 1.29 is 9.90 Å². The zero-order valence-corrected chi connectivity index (χ0v) is 8.56. The monoisotopic (exact) mass is 249 g/mol. The molecule has 0 spiro atoms. The maximum atomic E-state index is 10.4. The van der Waals surface area contributed by atoms with Crippen molar-refractivity contribution in [1.82, 2.24) is 0 Å². The molecule has 0 aromatic carbocycles. The molecular weight excluding hydrogens is 242 g/mol. The molecule has 3 N–H and O–H groups in total. The number of carbonyl (C=O) groups is 1. The van der Waals surface area contributed by atoms with Gasteiger partial charge in [0.15, 0.2) is 0 Å². The second-order valence-electron chi connectivity index (χ2n) is 2.34. The van der Waals surface area contributed by atoms with Crippen molar-refractivity contribution in [3.05, 3.63) is 20.8 Å². The van der Waals surface area contributed by atoms with Gasteiger partial charge in [-0.3, -0.25) is 4.79 Å². The molecule has 1 aromatic heterocycles. The van der Waals surface area contributed by atoms with E-state index in [0.29, 0.717) is 6.42 Å². The first-order valence-corrected chi connectivity index (χ1v) is 4.99. The molecule has 1 rings (SSSR count). The number of carboxylic acid groups (broad SMARTS) is 1. The van der Waals surface area contributed by atoms with E-state index in [4.69, 9.17) is 10.8 Å². The van der Waals surface area contributed by atoms with Crippen molar-refractivity contribution in [2.75, 3.05) is 0 Å². The summed E-state index contributed by atoms with van der Waals surface area (Å²) in [6.07, 6.45) is 0.383. The first-order chi connectivity index (χ1) is 5.61. The molecule has 0 fully saturated rings. The van der Waals surface area contributed by atoms with Gasteiger partial charge in [0.05, 0.1) is 0 Å². The molecule has 0 saturated carbocycles. The van der Waals surface area contributed by atoms with Crippen LogP contribution in [0.15, 0.2) is 15.9 Å². The van der Waals surface area contributed by atoms with E-state index in [1.807, 2.05) is 11.4 Å². The van der Waals surface area contributed by atoms with Crippen molar-refractivity contribution >= 4 is 33.2 Å². The first kappa shape index (κ1) is 9.70. The van der Waals surface area contributed by atoms with Crippen LogP contribution in [-0.2, 0) is 11.2 Å². The number of rotatable bonds is 3. The third-order valence-corrected chi connectivity index (χ3v) is 3.36. The van der Waals surface area contributed by atoms with E-state index in [1.165, 1.54) is 11.3 Å². The lowest BCUT2D eigenvalue weighted by molar-refractivity contribution is -0.138. The van der Waals surface area contributed by atoms with Crippen LogP contribution in [0.2, 0.25) is 0 Å². The second-order valence-corrected chi connectivity index (χ2v) is 4.20. The van der Waals surface area contributed by atoms with Crippen molar-refractivity contribution in [2.24, 2.45) is 5.73 Å². The highest BCUT2D eigenvalue weighted by atomic mass is 79.9. The Morgan fingerprint density at radius 1 is 1.83 bits per heavy atom. The van der Waals surface area contributed by atoms with Gasteiger partial charge >= 0.3 is 5.97 Å². The Balaban J connectivity index is 2.64. The summed E-state index contributed by atoms with van der Waals surface area (Å²) in [4.78, 5) is 11.4. The summed E-state index contributed by atoms with van der Waals surface area (Å²) in [7, 11) is 0. The molecule has 0 radical (unpaired) electrons. The third-order valence-electron chi connectivity index (χ3n) is 1.41. The van der Waals surface area contributed by atoms with E-state index >= 15 is 0 Å². The van der Waals surface area contributed by atoms with Crippen LogP contribution in [0.4, 0.5) is 0 Å². The fourth-order valence-electron chi connectivity index (χ4n) is 0.758. The summed E-state index contributed by atoms with van der Waals surface area (Å²) in [5.41, 5.74) is 5.36. The molecular formula is C7H8BrNO2S. The number of halogens is 1. The zero-order chi connectivity index (χ0) is 9.14. The van der Waals surface area contributed by atoms with Crippen molar-refractivity contribution in [3.8, 4) is 0 Å². The normalized spacial score (nSPS) is 12.8. The molecule has 5 heteroatoms. The molecule has 0 aliphatic carbocycles. The molecule has 1 heterocycles. The Labute approximate surface area is 82.3 Å². The van der Waals surface area contributed by atoms with Gasteiger partial charge in [0.1, 0.15) is 6.04 Å². The van der Waals surface area contributed by atoms with E-state index in [9.17, 15) is 4.79 Å². The molecule has 12 heavy (non-hydrogen) atoms. The Bertz CT molecular complexity index is 287. The highest BCUT2D eigenvalue weighted by Crippen LogP contribution is 2.23. The minimum Gasteiger partial charge on any atom is -0.480 e. The fourth-order valence-corrected chi connectivity index (χ4v) is 2.33. The highest BCUT2D eigenvalue weighted by molar-refractivity contribution is 9.10. The fraction of sp³-hybridized carbons (Fsp3) is 0.286. The lowest BCUT2D eigenvalue weighted by Crippen LogP contribution is -2.31. The second kappa shape index (κ2) is 4.02. The highest BCUT2D eigenvalue weighted by Gasteiger charge is 2.14. The van der Waals surface area contributed by atoms with Crippen molar-refractivity contribution in [2.45, 2.75) is 12.5 Å². The van der Waals surface area contributed by atoms with Crippen LogP contribution in [0.25, 0.3) is 0 Å². The average Bonchev–Trinajstić information content (AvgIpc) is 2.36. The summed E-state index contributed by atoms with van der Waals surface area (Å²) in [5.74, 6) is -0.963. The molecule has 3 nitrogen and oxygen atoms in total. The number of hydrogen-bond donors (Lipinski definition) is 2. The van der Waals surface area contributed by atoms with Gasteiger partial charge in [-0.05, 0) is 27.4 Å². The molecule has 0 aliphatic rings. The smallest absolute Gasteiger partial charge is 0.320 e. The van der Waals surface area contributed by atoms with Gasteiger partial charge in [-0.15, -0.1) is 11.3 Å². The molecule has 0 amide bonds. The van der Waals surface area contributed by atoms with Crippen LogP contribution in [0.5, 0.6) is 0 Å². The summed E-state index contributed by atoms with van der Waals surface area (Å²) >= 11 is 4.81. The molecule has 1 aromatic rings. The van der Waals surface area contributed by atoms with Crippen molar-refractivity contribution in [1.29, 1.82) is 0 Å². The van der Waals surface area contributed by atoms with Gasteiger partial charge in [0, 0.05) is 15.8 Å². The minimum atomic E-state index is -0.963. The Morgan fingerprint density at radius 2 is 2.50 bits per heavy atom. The minimum absolute atomic E-state index is 0.383. The molecule has 1 unspecified atom stereocenters. The summed E-state index contributed by atoms with van der Waals surface area (Å²) < 4.78 is 0.934. The lowest BCUT2D eigenvalue weighted by atomic mass is 10.2. The molecule has 0 saturated heterocycles. The standard InChI is InChI=1S/C7H8BrNO2S/c8-4-1-2-12-6(4)3-5(9)7(10)11/h1-2,5H,3,9H2,(H,10,11). The predicted octanol–water partition coefficient (Wildman–Crippen LogP) is 1.47. The van der Waals surface area contributed by atoms with E-state index in [1.54, 1.807) is 0 Å². The van der Waals surface area contributed by atoms with E-state index in [-0.39, 0.29) is 0 Å². The van der Waals surface area contributed by atoms with Gasteiger partial charge in [-0.2, -0.15) is 0 Å². The molecule has 0 aliphatic heterocycles. The average molecular weight is 250 g/mol. The number of thiophene rings is 1. The van der Waals surface area contributed by atoms with Gasteiger partial charge in [0.25, 0.3) is 0 Å². The Morgan fingerprint density at radius 3 is 2.92 bits per heavy atom. The van der Waals surface area contributed by atoms with Gasteiger partial charge in [-0.1, -0.05) is 0 Å².